The number of benzene rings is 2. The number of rotatable bonds is 1. The second kappa shape index (κ2) is 4.47. The Morgan fingerprint density at radius 3 is 3.00 bits per heavy atom. The normalized spacial score (nSPS) is 16.1. The van der Waals surface area contributed by atoms with Crippen LogP contribution in [0, 0.1) is 0 Å². The van der Waals surface area contributed by atoms with E-state index in [1.165, 1.54) is 33.3 Å². The van der Waals surface area contributed by atoms with Gasteiger partial charge in [0, 0.05) is 29.4 Å². The van der Waals surface area contributed by atoms with Crippen molar-refractivity contribution in [2.24, 2.45) is 4.99 Å². The number of hydrogen-bond acceptors (Lipinski definition) is 2. The van der Waals surface area contributed by atoms with Gasteiger partial charge < -0.3 is 9.72 Å². The minimum absolute atomic E-state index is 0.795. The van der Waals surface area contributed by atoms with Gasteiger partial charge in [0.05, 0.1) is 18.0 Å². The first-order valence-electron chi connectivity index (χ1n) is 7.81. The van der Waals surface area contributed by atoms with Crippen LogP contribution in [0.1, 0.15) is 22.4 Å². The summed E-state index contributed by atoms with van der Waals surface area (Å²) in [5, 5.41) is 1.33. The molecule has 0 radical (unpaired) electrons. The number of nitrogens with one attached hydrogen (secondary N) is 1. The first-order chi connectivity index (χ1) is 10.9. The molecule has 3 heterocycles. The molecule has 0 atom stereocenters. The number of aliphatic imine (C=N–C) groups is 1. The van der Waals surface area contributed by atoms with Gasteiger partial charge in [-0.25, -0.2) is 0 Å². The molecule has 2 aromatic carbocycles. The highest BCUT2D eigenvalue weighted by Gasteiger charge is 2.22. The van der Waals surface area contributed by atoms with Crippen LogP contribution in [-0.2, 0) is 12.8 Å². The third-order valence-electron chi connectivity index (χ3n) is 4.65. The lowest BCUT2D eigenvalue weighted by Gasteiger charge is -2.14. The maximum atomic E-state index is 5.61. The van der Waals surface area contributed by atoms with Gasteiger partial charge in [-0.05, 0) is 41.8 Å². The third kappa shape index (κ3) is 1.65. The van der Waals surface area contributed by atoms with E-state index in [0.29, 0.717) is 0 Å². The Morgan fingerprint density at radius 1 is 1.05 bits per heavy atom. The minimum Gasteiger partial charge on any atom is -0.493 e. The summed E-state index contributed by atoms with van der Waals surface area (Å²) in [6.07, 6.45) is 2.01. The molecule has 3 aromatic rings. The van der Waals surface area contributed by atoms with Crippen LogP contribution in [-0.4, -0.2) is 23.8 Å². The molecule has 0 fully saturated rings. The van der Waals surface area contributed by atoms with Crippen LogP contribution in [0.25, 0.3) is 10.9 Å². The fourth-order valence-corrected chi connectivity index (χ4v) is 3.59. The largest absolute Gasteiger partial charge is 0.493 e. The molecule has 0 amide bonds. The minimum atomic E-state index is 0.795. The van der Waals surface area contributed by atoms with Crippen molar-refractivity contribution in [3.8, 4) is 5.75 Å². The van der Waals surface area contributed by atoms with E-state index in [1.807, 2.05) is 0 Å². The number of aromatic amines is 1. The predicted octanol–water partition coefficient (Wildman–Crippen LogP) is 3.50. The number of fused-ring (bicyclic) bond motifs is 4. The Bertz CT molecular complexity index is 920. The fraction of sp³-hybridized carbons (Fsp3) is 0.211. The number of ether oxygens (including phenoxy) is 1. The lowest BCUT2D eigenvalue weighted by molar-refractivity contribution is 0.357. The van der Waals surface area contributed by atoms with Gasteiger partial charge in [-0.3, -0.25) is 4.99 Å². The molecule has 2 aliphatic rings. The average molecular weight is 288 g/mol. The van der Waals surface area contributed by atoms with Gasteiger partial charge in [0.1, 0.15) is 5.75 Å². The Hall–Kier alpha value is -2.55. The maximum absolute atomic E-state index is 5.61. The standard InChI is InChI=1S/C19H16N2O/c1-2-4-16-14(3-1)15-7-9-20-18(19(15)21-16)13-5-6-17-12(11-13)8-10-22-17/h1-6,11,21H,7-10H2. The van der Waals surface area contributed by atoms with Gasteiger partial charge >= 0.3 is 0 Å². The number of para-hydroxylation sites is 1. The summed E-state index contributed by atoms with van der Waals surface area (Å²) >= 11 is 0. The molecule has 3 nitrogen and oxygen atoms in total. The monoisotopic (exact) mass is 288 g/mol. The van der Waals surface area contributed by atoms with Crippen molar-refractivity contribution in [1.29, 1.82) is 0 Å². The number of hydrogen-bond donors (Lipinski definition) is 1. The zero-order valence-corrected chi connectivity index (χ0v) is 12.2. The van der Waals surface area contributed by atoms with E-state index in [1.54, 1.807) is 0 Å². The molecule has 5 rings (SSSR count). The SMILES string of the molecule is c1ccc2c3c([nH]c2c1)C(c1ccc2c(c1)CCO2)=NCC3. The molecule has 2 aliphatic heterocycles. The van der Waals surface area contributed by atoms with Crippen molar-refractivity contribution in [3.63, 3.8) is 0 Å². The molecule has 108 valence electrons. The molecule has 0 saturated carbocycles. The summed E-state index contributed by atoms with van der Waals surface area (Å²) in [5.74, 6) is 1.03. The van der Waals surface area contributed by atoms with Crippen molar-refractivity contribution in [2.45, 2.75) is 12.8 Å². The second-order valence-corrected chi connectivity index (χ2v) is 5.93. The molecule has 1 N–H and O–H groups in total. The van der Waals surface area contributed by atoms with Gasteiger partial charge in [-0.15, -0.1) is 0 Å². The van der Waals surface area contributed by atoms with E-state index in [2.05, 4.69) is 47.4 Å². The highest BCUT2D eigenvalue weighted by Crippen LogP contribution is 2.31. The molecule has 1 aromatic heterocycles. The van der Waals surface area contributed by atoms with E-state index in [-0.39, 0.29) is 0 Å². The molecule has 0 bridgehead atoms. The summed E-state index contributed by atoms with van der Waals surface area (Å²) in [4.78, 5) is 8.38. The predicted molar refractivity (Wildman–Crippen MR) is 88.1 cm³/mol. The highest BCUT2D eigenvalue weighted by molar-refractivity contribution is 6.16. The molecule has 22 heavy (non-hydrogen) atoms. The summed E-state index contributed by atoms with van der Waals surface area (Å²) in [7, 11) is 0. The quantitative estimate of drug-likeness (QED) is 0.731. The Kier molecular flexibility index (Phi) is 2.45. The lowest BCUT2D eigenvalue weighted by Crippen LogP contribution is -2.13. The summed E-state index contributed by atoms with van der Waals surface area (Å²) in [6.45, 7) is 1.65. The summed E-state index contributed by atoms with van der Waals surface area (Å²) in [6, 6.07) is 15.0. The molecule has 0 aliphatic carbocycles. The molecule has 3 heteroatoms. The van der Waals surface area contributed by atoms with Crippen LogP contribution in [0.4, 0.5) is 0 Å². The van der Waals surface area contributed by atoms with Gasteiger partial charge in [-0.2, -0.15) is 0 Å². The molecular weight excluding hydrogens is 272 g/mol. The fourth-order valence-electron chi connectivity index (χ4n) is 3.59. The average Bonchev–Trinajstić information content (AvgIpc) is 3.18. The van der Waals surface area contributed by atoms with Crippen LogP contribution in [0.3, 0.4) is 0 Å². The van der Waals surface area contributed by atoms with Crippen molar-refractivity contribution in [1.82, 2.24) is 4.98 Å². The first-order valence-corrected chi connectivity index (χ1v) is 7.81. The molecule has 0 spiro atoms. The van der Waals surface area contributed by atoms with Crippen molar-refractivity contribution >= 4 is 16.6 Å². The van der Waals surface area contributed by atoms with E-state index >= 15 is 0 Å². The van der Waals surface area contributed by atoms with Gasteiger partial charge in [0.15, 0.2) is 0 Å². The van der Waals surface area contributed by atoms with Gasteiger partial charge in [0.2, 0.25) is 0 Å². The van der Waals surface area contributed by atoms with Crippen LogP contribution in [0.5, 0.6) is 5.75 Å². The lowest BCUT2D eigenvalue weighted by atomic mass is 9.96. The van der Waals surface area contributed by atoms with Crippen molar-refractivity contribution in [2.75, 3.05) is 13.2 Å². The zero-order valence-electron chi connectivity index (χ0n) is 12.2. The zero-order chi connectivity index (χ0) is 14.5. The van der Waals surface area contributed by atoms with Gasteiger partial charge in [-0.1, -0.05) is 18.2 Å². The van der Waals surface area contributed by atoms with Crippen LogP contribution >= 0.6 is 0 Å². The highest BCUT2D eigenvalue weighted by atomic mass is 16.5. The van der Waals surface area contributed by atoms with E-state index in [4.69, 9.17) is 9.73 Å². The first kappa shape index (κ1) is 12.0. The van der Waals surface area contributed by atoms with Crippen LogP contribution < -0.4 is 4.74 Å². The molecule has 0 saturated heterocycles. The van der Waals surface area contributed by atoms with E-state index < -0.39 is 0 Å². The number of H-pyrrole nitrogens is 1. The molecular formula is C19H16N2O. The van der Waals surface area contributed by atoms with Gasteiger partial charge in [0.25, 0.3) is 0 Å². The number of aromatic nitrogens is 1. The third-order valence-corrected chi connectivity index (χ3v) is 4.65. The topological polar surface area (TPSA) is 37.4 Å². The summed E-state index contributed by atoms with van der Waals surface area (Å²) < 4.78 is 5.61. The van der Waals surface area contributed by atoms with Crippen molar-refractivity contribution < 1.29 is 4.74 Å². The summed E-state index contributed by atoms with van der Waals surface area (Å²) in [5.41, 5.74) is 7.36. The van der Waals surface area contributed by atoms with E-state index in [0.717, 1.165) is 37.5 Å². The Labute approximate surface area is 128 Å². The van der Waals surface area contributed by atoms with Crippen LogP contribution in [0.2, 0.25) is 0 Å². The smallest absolute Gasteiger partial charge is 0.122 e. The molecule has 0 unspecified atom stereocenters. The Morgan fingerprint density at radius 2 is 2.00 bits per heavy atom. The number of nitrogens with zero attached hydrogens (tertiary/aromatic N) is 1. The Balaban J connectivity index is 1.69. The van der Waals surface area contributed by atoms with Crippen molar-refractivity contribution in [3.05, 3.63) is 64.8 Å². The van der Waals surface area contributed by atoms with Crippen LogP contribution in [0.15, 0.2) is 47.5 Å². The van der Waals surface area contributed by atoms with E-state index in [9.17, 15) is 0 Å². The maximum Gasteiger partial charge on any atom is 0.122 e. The second-order valence-electron chi connectivity index (χ2n) is 5.93.